The van der Waals surface area contributed by atoms with Crippen LogP contribution in [-0.2, 0) is 14.3 Å². The van der Waals surface area contributed by atoms with Gasteiger partial charge in [0.15, 0.2) is 0 Å². The van der Waals surface area contributed by atoms with Crippen molar-refractivity contribution in [3.05, 3.63) is 29.3 Å². The minimum atomic E-state index is -0.399. The van der Waals surface area contributed by atoms with Crippen LogP contribution in [0.2, 0.25) is 0 Å². The minimum Gasteiger partial charge on any atom is -0.465 e. The van der Waals surface area contributed by atoms with Gasteiger partial charge in [-0.05, 0) is 50.3 Å². The van der Waals surface area contributed by atoms with Crippen molar-refractivity contribution in [3.8, 4) is 5.75 Å². The van der Waals surface area contributed by atoms with Crippen LogP contribution < -0.4 is 4.74 Å². The SMILES string of the molecule is CCCCCCCCCCCCOC(=O)C1CCCCC1C(=O)Oc1cc(C)ccc1C. The van der Waals surface area contributed by atoms with E-state index in [9.17, 15) is 9.59 Å². The zero-order valence-electron chi connectivity index (χ0n) is 20.6. The molecule has 0 aromatic heterocycles. The second kappa shape index (κ2) is 15.1. The summed E-state index contributed by atoms with van der Waals surface area (Å²) in [5, 5.41) is 0. The van der Waals surface area contributed by atoms with E-state index < -0.39 is 5.92 Å². The Hall–Kier alpha value is -1.84. The molecule has 0 amide bonds. The molecular formula is C28H44O4. The van der Waals surface area contributed by atoms with E-state index in [2.05, 4.69) is 6.92 Å². The fourth-order valence-corrected chi connectivity index (χ4v) is 4.57. The molecule has 1 aromatic rings. The molecule has 1 saturated carbocycles. The molecule has 32 heavy (non-hydrogen) atoms. The number of esters is 2. The summed E-state index contributed by atoms with van der Waals surface area (Å²) in [6, 6.07) is 5.84. The van der Waals surface area contributed by atoms with Gasteiger partial charge in [-0.1, -0.05) is 89.7 Å². The Labute approximate surface area is 195 Å². The van der Waals surface area contributed by atoms with E-state index in [0.717, 1.165) is 36.8 Å². The van der Waals surface area contributed by atoms with Crippen LogP contribution >= 0.6 is 0 Å². The van der Waals surface area contributed by atoms with Gasteiger partial charge in [0.2, 0.25) is 0 Å². The highest BCUT2D eigenvalue weighted by atomic mass is 16.5. The molecule has 2 atom stereocenters. The maximum atomic E-state index is 12.9. The Morgan fingerprint density at radius 1 is 0.812 bits per heavy atom. The van der Waals surface area contributed by atoms with E-state index in [1.54, 1.807) is 0 Å². The zero-order valence-corrected chi connectivity index (χ0v) is 20.6. The van der Waals surface area contributed by atoms with Crippen molar-refractivity contribution in [3.63, 3.8) is 0 Å². The number of ether oxygens (including phenoxy) is 2. The maximum Gasteiger partial charge on any atom is 0.315 e. The molecule has 0 spiro atoms. The fourth-order valence-electron chi connectivity index (χ4n) is 4.57. The molecule has 4 heteroatoms. The highest BCUT2D eigenvalue weighted by Crippen LogP contribution is 2.33. The van der Waals surface area contributed by atoms with Crippen molar-refractivity contribution in [2.24, 2.45) is 11.8 Å². The van der Waals surface area contributed by atoms with Gasteiger partial charge in [-0.3, -0.25) is 9.59 Å². The molecule has 0 N–H and O–H groups in total. The molecule has 2 unspecified atom stereocenters. The van der Waals surface area contributed by atoms with Gasteiger partial charge in [0.05, 0.1) is 18.4 Å². The molecule has 180 valence electrons. The first-order valence-electron chi connectivity index (χ1n) is 13.0. The zero-order chi connectivity index (χ0) is 23.2. The molecule has 0 aliphatic heterocycles. The average Bonchev–Trinajstić information content (AvgIpc) is 2.79. The normalized spacial score (nSPS) is 18.3. The molecule has 1 fully saturated rings. The lowest BCUT2D eigenvalue weighted by atomic mass is 9.79. The van der Waals surface area contributed by atoms with Gasteiger partial charge in [-0.25, -0.2) is 0 Å². The fraction of sp³-hybridized carbons (Fsp3) is 0.714. The quantitative estimate of drug-likeness (QED) is 0.169. The van der Waals surface area contributed by atoms with Gasteiger partial charge < -0.3 is 9.47 Å². The van der Waals surface area contributed by atoms with Crippen LogP contribution in [0.3, 0.4) is 0 Å². The van der Waals surface area contributed by atoms with E-state index in [0.29, 0.717) is 25.2 Å². The third-order valence-corrected chi connectivity index (χ3v) is 6.67. The lowest BCUT2D eigenvalue weighted by Crippen LogP contribution is -2.36. The molecule has 0 radical (unpaired) electrons. The van der Waals surface area contributed by atoms with Gasteiger partial charge in [0, 0.05) is 0 Å². The van der Waals surface area contributed by atoms with Crippen molar-refractivity contribution in [2.45, 2.75) is 111 Å². The second-order valence-corrected chi connectivity index (χ2v) is 9.54. The van der Waals surface area contributed by atoms with Crippen molar-refractivity contribution in [1.82, 2.24) is 0 Å². The van der Waals surface area contributed by atoms with Crippen molar-refractivity contribution in [1.29, 1.82) is 0 Å². The second-order valence-electron chi connectivity index (χ2n) is 9.54. The van der Waals surface area contributed by atoms with E-state index >= 15 is 0 Å². The average molecular weight is 445 g/mol. The Kier molecular flexibility index (Phi) is 12.4. The minimum absolute atomic E-state index is 0.219. The van der Waals surface area contributed by atoms with Crippen LogP contribution in [0.15, 0.2) is 18.2 Å². The van der Waals surface area contributed by atoms with E-state index in [1.807, 2.05) is 32.0 Å². The predicted molar refractivity (Wildman–Crippen MR) is 130 cm³/mol. The van der Waals surface area contributed by atoms with Crippen LogP contribution in [0, 0.1) is 25.7 Å². The summed E-state index contributed by atoms with van der Waals surface area (Å²) in [5.41, 5.74) is 1.98. The largest absolute Gasteiger partial charge is 0.465 e. The van der Waals surface area contributed by atoms with Crippen LogP contribution in [0.5, 0.6) is 5.75 Å². The third-order valence-electron chi connectivity index (χ3n) is 6.67. The topological polar surface area (TPSA) is 52.6 Å². The lowest BCUT2D eigenvalue weighted by Gasteiger charge is -2.28. The molecule has 2 rings (SSSR count). The van der Waals surface area contributed by atoms with Gasteiger partial charge in [0.25, 0.3) is 0 Å². The first-order chi connectivity index (χ1) is 15.5. The first-order valence-corrected chi connectivity index (χ1v) is 13.0. The number of aryl methyl sites for hydroxylation is 2. The number of hydrogen-bond acceptors (Lipinski definition) is 4. The van der Waals surface area contributed by atoms with Gasteiger partial charge in [-0.15, -0.1) is 0 Å². The smallest absolute Gasteiger partial charge is 0.315 e. The van der Waals surface area contributed by atoms with Gasteiger partial charge >= 0.3 is 11.9 Å². The first kappa shape index (κ1) is 26.4. The predicted octanol–water partition coefficient (Wildman–Crippen LogP) is 7.48. The van der Waals surface area contributed by atoms with Crippen LogP contribution in [-0.4, -0.2) is 18.5 Å². The molecular weight excluding hydrogens is 400 g/mol. The van der Waals surface area contributed by atoms with Crippen molar-refractivity contribution in [2.75, 3.05) is 6.61 Å². The molecule has 0 saturated heterocycles. The number of benzene rings is 1. The van der Waals surface area contributed by atoms with E-state index in [4.69, 9.17) is 9.47 Å². The number of carbonyl (C=O) groups is 2. The number of rotatable bonds is 14. The molecule has 4 nitrogen and oxygen atoms in total. The van der Waals surface area contributed by atoms with Crippen LogP contribution in [0.1, 0.15) is 108 Å². The summed E-state index contributed by atoms with van der Waals surface area (Å²) in [6.07, 6.45) is 15.9. The summed E-state index contributed by atoms with van der Waals surface area (Å²) >= 11 is 0. The van der Waals surface area contributed by atoms with Crippen molar-refractivity contribution < 1.29 is 19.1 Å². The van der Waals surface area contributed by atoms with Gasteiger partial charge in [-0.2, -0.15) is 0 Å². The Bertz CT molecular complexity index is 697. The van der Waals surface area contributed by atoms with Crippen LogP contribution in [0.4, 0.5) is 0 Å². The third kappa shape index (κ3) is 9.34. The van der Waals surface area contributed by atoms with Gasteiger partial charge in [0.1, 0.15) is 5.75 Å². The van der Waals surface area contributed by atoms with Crippen molar-refractivity contribution >= 4 is 11.9 Å². The summed E-state index contributed by atoms with van der Waals surface area (Å²) < 4.78 is 11.3. The summed E-state index contributed by atoms with van der Waals surface area (Å²) in [5.74, 6) is -0.686. The summed E-state index contributed by atoms with van der Waals surface area (Å²) in [7, 11) is 0. The lowest BCUT2D eigenvalue weighted by molar-refractivity contribution is -0.158. The Morgan fingerprint density at radius 2 is 1.38 bits per heavy atom. The van der Waals surface area contributed by atoms with E-state index in [-0.39, 0.29) is 17.9 Å². The monoisotopic (exact) mass is 444 g/mol. The summed E-state index contributed by atoms with van der Waals surface area (Å²) in [4.78, 5) is 25.6. The number of unbranched alkanes of at least 4 members (excludes halogenated alkanes) is 9. The Morgan fingerprint density at radius 3 is 2.00 bits per heavy atom. The highest BCUT2D eigenvalue weighted by molar-refractivity contribution is 5.83. The van der Waals surface area contributed by atoms with Crippen LogP contribution in [0.25, 0.3) is 0 Å². The number of carbonyl (C=O) groups excluding carboxylic acids is 2. The molecule has 1 aromatic carbocycles. The summed E-state index contributed by atoms with van der Waals surface area (Å²) in [6.45, 7) is 6.62. The molecule has 0 bridgehead atoms. The van der Waals surface area contributed by atoms with E-state index in [1.165, 1.54) is 51.4 Å². The maximum absolute atomic E-state index is 12.9. The number of hydrogen-bond donors (Lipinski definition) is 0. The molecule has 1 aliphatic rings. The molecule has 0 heterocycles. The Balaban J connectivity index is 1.68. The highest BCUT2D eigenvalue weighted by Gasteiger charge is 2.38. The molecule has 1 aliphatic carbocycles. The standard InChI is InChI=1S/C28H44O4/c1-4-5-6-7-8-9-10-11-12-15-20-31-27(29)24-16-13-14-17-25(24)28(30)32-26-21-22(2)18-19-23(26)3/h18-19,21,24-25H,4-17,20H2,1-3H3.